The Morgan fingerprint density at radius 3 is 2.50 bits per heavy atom. The van der Waals surface area contributed by atoms with Crippen molar-refractivity contribution >= 4 is 29.0 Å². The van der Waals surface area contributed by atoms with Gasteiger partial charge in [-0.15, -0.1) is 0 Å². The normalized spacial score (nSPS) is 12.4. The monoisotopic (exact) mass is 281 g/mol. The standard InChI is InChI=1S/C13H13Cl2N3/c1-7-5-12(16)18-13(17-7)8(2)10-4-3-9(14)6-11(10)15/h3-6,8H,1-2H3,(H2,16,17,18)/t8-/m1/s1. The van der Waals surface area contributed by atoms with E-state index < -0.39 is 0 Å². The molecular formula is C13H13Cl2N3. The molecule has 0 aliphatic rings. The fourth-order valence-electron chi connectivity index (χ4n) is 1.80. The number of aromatic nitrogens is 2. The Kier molecular flexibility index (Phi) is 3.73. The Balaban J connectivity index is 2.44. The highest BCUT2D eigenvalue weighted by Gasteiger charge is 2.15. The zero-order chi connectivity index (χ0) is 13.3. The van der Waals surface area contributed by atoms with Gasteiger partial charge in [0.15, 0.2) is 0 Å². The van der Waals surface area contributed by atoms with E-state index in [9.17, 15) is 0 Å². The Hall–Kier alpha value is -1.32. The van der Waals surface area contributed by atoms with Crippen molar-refractivity contribution in [1.29, 1.82) is 0 Å². The molecule has 0 spiro atoms. The Bertz CT molecular complexity index is 564. The number of benzene rings is 1. The van der Waals surface area contributed by atoms with E-state index in [1.165, 1.54) is 0 Å². The van der Waals surface area contributed by atoms with Gasteiger partial charge in [-0.05, 0) is 24.6 Å². The van der Waals surface area contributed by atoms with Crippen LogP contribution in [0.5, 0.6) is 0 Å². The first-order valence-corrected chi connectivity index (χ1v) is 6.29. The van der Waals surface area contributed by atoms with E-state index in [0.29, 0.717) is 21.7 Å². The van der Waals surface area contributed by atoms with Crippen molar-refractivity contribution in [2.45, 2.75) is 19.8 Å². The molecule has 94 valence electrons. The molecule has 0 unspecified atom stereocenters. The van der Waals surface area contributed by atoms with Gasteiger partial charge in [0.05, 0.1) is 0 Å². The third kappa shape index (κ3) is 2.74. The molecule has 2 rings (SSSR count). The minimum absolute atomic E-state index is 0.0306. The minimum Gasteiger partial charge on any atom is -0.384 e. The molecule has 0 aliphatic heterocycles. The maximum absolute atomic E-state index is 6.18. The van der Waals surface area contributed by atoms with E-state index in [1.54, 1.807) is 18.2 Å². The number of nitrogen functional groups attached to an aromatic ring is 1. The molecule has 5 heteroatoms. The molecule has 3 nitrogen and oxygen atoms in total. The van der Waals surface area contributed by atoms with Gasteiger partial charge in [0.2, 0.25) is 0 Å². The van der Waals surface area contributed by atoms with E-state index in [2.05, 4.69) is 9.97 Å². The lowest BCUT2D eigenvalue weighted by molar-refractivity contribution is 0.809. The van der Waals surface area contributed by atoms with Crippen LogP contribution in [-0.4, -0.2) is 9.97 Å². The molecule has 1 aromatic carbocycles. The van der Waals surface area contributed by atoms with Gasteiger partial charge in [0.1, 0.15) is 11.6 Å². The van der Waals surface area contributed by atoms with Crippen LogP contribution < -0.4 is 5.73 Å². The molecule has 18 heavy (non-hydrogen) atoms. The summed E-state index contributed by atoms with van der Waals surface area (Å²) >= 11 is 12.1. The molecule has 0 amide bonds. The summed E-state index contributed by atoms with van der Waals surface area (Å²) < 4.78 is 0. The van der Waals surface area contributed by atoms with Crippen LogP contribution >= 0.6 is 23.2 Å². The summed E-state index contributed by atoms with van der Waals surface area (Å²) in [6, 6.07) is 7.14. The quantitative estimate of drug-likeness (QED) is 0.910. The second kappa shape index (κ2) is 5.12. The molecular weight excluding hydrogens is 269 g/mol. The maximum atomic E-state index is 6.18. The average molecular weight is 282 g/mol. The Morgan fingerprint density at radius 2 is 1.89 bits per heavy atom. The van der Waals surface area contributed by atoms with E-state index >= 15 is 0 Å². The summed E-state index contributed by atoms with van der Waals surface area (Å²) in [5.41, 5.74) is 7.51. The zero-order valence-corrected chi connectivity index (χ0v) is 11.6. The van der Waals surface area contributed by atoms with Crippen LogP contribution in [0.4, 0.5) is 5.82 Å². The van der Waals surface area contributed by atoms with Crippen molar-refractivity contribution < 1.29 is 0 Å². The molecule has 2 aromatic rings. The molecule has 0 aliphatic carbocycles. The van der Waals surface area contributed by atoms with Crippen LogP contribution in [0, 0.1) is 6.92 Å². The van der Waals surface area contributed by atoms with E-state index in [1.807, 2.05) is 19.9 Å². The largest absolute Gasteiger partial charge is 0.384 e. The third-order valence-electron chi connectivity index (χ3n) is 2.71. The number of halogens is 2. The van der Waals surface area contributed by atoms with Crippen molar-refractivity contribution in [2.75, 3.05) is 5.73 Å². The van der Waals surface area contributed by atoms with E-state index in [4.69, 9.17) is 28.9 Å². The summed E-state index contributed by atoms with van der Waals surface area (Å²) in [4.78, 5) is 8.64. The van der Waals surface area contributed by atoms with Gasteiger partial charge in [-0.2, -0.15) is 0 Å². The van der Waals surface area contributed by atoms with Gasteiger partial charge in [0.25, 0.3) is 0 Å². The number of aryl methyl sites for hydroxylation is 1. The third-order valence-corrected chi connectivity index (χ3v) is 3.27. The van der Waals surface area contributed by atoms with Gasteiger partial charge >= 0.3 is 0 Å². The van der Waals surface area contributed by atoms with Crippen LogP contribution in [0.25, 0.3) is 0 Å². The van der Waals surface area contributed by atoms with Gasteiger partial charge < -0.3 is 5.73 Å². The number of hydrogen-bond donors (Lipinski definition) is 1. The summed E-state index contributed by atoms with van der Waals surface area (Å²) in [6.07, 6.45) is 0. The second-order valence-electron chi connectivity index (χ2n) is 4.18. The van der Waals surface area contributed by atoms with E-state index in [0.717, 1.165) is 11.3 Å². The Labute approximate surface area is 116 Å². The first kappa shape index (κ1) is 13.1. The number of nitrogens with zero attached hydrogens (tertiary/aromatic N) is 2. The van der Waals surface area contributed by atoms with Gasteiger partial charge in [-0.1, -0.05) is 36.2 Å². The highest BCUT2D eigenvalue weighted by atomic mass is 35.5. The summed E-state index contributed by atoms with van der Waals surface area (Å²) in [7, 11) is 0. The number of anilines is 1. The first-order chi connectivity index (χ1) is 8.47. The maximum Gasteiger partial charge on any atom is 0.138 e. The predicted molar refractivity (Wildman–Crippen MR) is 75.2 cm³/mol. The second-order valence-corrected chi connectivity index (χ2v) is 5.02. The highest BCUT2D eigenvalue weighted by molar-refractivity contribution is 6.35. The number of nitrogens with two attached hydrogens (primary N) is 1. The highest BCUT2D eigenvalue weighted by Crippen LogP contribution is 2.30. The van der Waals surface area contributed by atoms with Crippen molar-refractivity contribution in [3.8, 4) is 0 Å². The van der Waals surface area contributed by atoms with Crippen LogP contribution in [0.2, 0.25) is 10.0 Å². The minimum atomic E-state index is -0.0306. The Morgan fingerprint density at radius 1 is 1.17 bits per heavy atom. The van der Waals surface area contributed by atoms with Gasteiger partial charge in [-0.25, -0.2) is 9.97 Å². The molecule has 0 radical (unpaired) electrons. The zero-order valence-electron chi connectivity index (χ0n) is 10.1. The number of hydrogen-bond acceptors (Lipinski definition) is 3. The summed E-state index contributed by atoms with van der Waals surface area (Å²) in [5, 5.41) is 1.22. The number of rotatable bonds is 2. The van der Waals surface area contributed by atoms with Gasteiger partial charge in [-0.3, -0.25) is 0 Å². The summed E-state index contributed by atoms with van der Waals surface area (Å²) in [6.45, 7) is 3.88. The van der Waals surface area contributed by atoms with Gasteiger partial charge in [0, 0.05) is 27.7 Å². The van der Waals surface area contributed by atoms with Crippen molar-refractivity contribution in [3.05, 3.63) is 51.4 Å². The average Bonchev–Trinajstić information content (AvgIpc) is 2.26. The SMILES string of the molecule is Cc1cc(N)nc([C@H](C)c2ccc(Cl)cc2Cl)n1. The van der Waals surface area contributed by atoms with Crippen molar-refractivity contribution in [2.24, 2.45) is 0 Å². The van der Waals surface area contributed by atoms with Crippen molar-refractivity contribution in [3.63, 3.8) is 0 Å². The van der Waals surface area contributed by atoms with E-state index in [-0.39, 0.29) is 5.92 Å². The van der Waals surface area contributed by atoms with Crippen LogP contribution in [0.15, 0.2) is 24.3 Å². The molecule has 1 heterocycles. The lowest BCUT2D eigenvalue weighted by atomic mass is 10.0. The summed E-state index contributed by atoms with van der Waals surface area (Å²) in [5.74, 6) is 1.10. The first-order valence-electron chi connectivity index (χ1n) is 5.53. The fourth-order valence-corrected chi connectivity index (χ4v) is 2.37. The predicted octanol–water partition coefficient (Wildman–Crippen LogP) is 3.83. The lowest BCUT2D eigenvalue weighted by Crippen LogP contribution is -2.06. The lowest BCUT2D eigenvalue weighted by Gasteiger charge is -2.13. The van der Waals surface area contributed by atoms with Crippen LogP contribution in [0.1, 0.15) is 29.9 Å². The molecule has 0 fully saturated rings. The molecule has 0 bridgehead atoms. The fraction of sp³-hybridized carbons (Fsp3) is 0.231. The smallest absolute Gasteiger partial charge is 0.138 e. The van der Waals surface area contributed by atoms with Crippen LogP contribution in [0.3, 0.4) is 0 Å². The molecule has 2 N–H and O–H groups in total. The molecule has 1 aromatic heterocycles. The van der Waals surface area contributed by atoms with Crippen molar-refractivity contribution in [1.82, 2.24) is 9.97 Å². The molecule has 1 atom stereocenters. The topological polar surface area (TPSA) is 51.8 Å². The molecule has 0 saturated carbocycles. The van der Waals surface area contributed by atoms with Crippen LogP contribution in [-0.2, 0) is 0 Å². The molecule has 0 saturated heterocycles.